The Morgan fingerprint density at radius 3 is 2.60 bits per heavy atom. The summed E-state index contributed by atoms with van der Waals surface area (Å²) in [5.74, 6) is -0.861. The molecule has 0 aliphatic rings. The summed E-state index contributed by atoms with van der Waals surface area (Å²) in [5.41, 5.74) is 1.91. The average molecular weight is 336 g/mol. The quantitative estimate of drug-likeness (QED) is 0.804. The Morgan fingerprint density at radius 2 is 1.95 bits per heavy atom. The first-order valence-corrected chi connectivity index (χ1v) is 7.16. The number of hydrogen-bond acceptors (Lipinski definition) is 1. The summed E-state index contributed by atoms with van der Waals surface area (Å²) in [6.45, 7) is 4.31. The van der Waals surface area contributed by atoms with E-state index in [-0.39, 0.29) is 11.5 Å². The second kappa shape index (κ2) is 6.18. The highest BCUT2D eigenvalue weighted by Gasteiger charge is 2.20. The van der Waals surface area contributed by atoms with Crippen LogP contribution in [0.3, 0.4) is 0 Å². The highest BCUT2D eigenvalue weighted by molar-refractivity contribution is 9.10. The fourth-order valence-corrected chi connectivity index (χ4v) is 2.42. The first-order chi connectivity index (χ1) is 9.54. The Labute approximate surface area is 126 Å². The summed E-state index contributed by atoms with van der Waals surface area (Å²) in [6.07, 6.45) is 0. The highest BCUT2D eigenvalue weighted by Crippen LogP contribution is 2.23. The number of carbonyl (C=O) groups is 1. The molecule has 20 heavy (non-hydrogen) atoms. The van der Waals surface area contributed by atoms with Crippen LogP contribution in [0.1, 0.15) is 22.8 Å². The van der Waals surface area contributed by atoms with Gasteiger partial charge in [0.25, 0.3) is 5.91 Å². The van der Waals surface area contributed by atoms with Crippen LogP contribution in [-0.2, 0) is 0 Å². The normalized spacial score (nSPS) is 10.4. The van der Waals surface area contributed by atoms with E-state index in [1.54, 1.807) is 17.0 Å². The fraction of sp³-hybridized carbons (Fsp3) is 0.188. The highest BCUT2D eigenvalue weighted by atomic mass is 79.9. The maximum Gasteiger partial charge on any atom is 0.261 e. The summed E-state index contributed by atoms with van der Waals surface area (Å²) >= 11 is 3.11. The van der Waals surface area contributed by atoms with Gasteiger partial charge in [-0.15, -0.1) is 0 Å². The van der Waals surface area contributed by atoms with E-state index in [1.165, 1.54) is 6.07 Å². The van der Waals surface area contributed by atoms with Crippen LogP contribution in [0, 0.1) is 12.7 Å². The molecule has 1 amide bonds. The molecule has 0 unspecified atom stereocenters. The van der Waals surface area contributed by atoms with E-state index in [0.717, 1.165) is 11.3 Å². The van der Waals surface area contributed by atoms with E-state index < -0.39 is 5.82 Å². The van der Waals surface area contributed by atoms with Gasteiger partial charge in [0, 0.05) is 12.2 Å². The van der Waals surface area contributed by atoms with Gasteiger partial charge in [-0.25, -0.2) is 4.39 Å². The van der Waals surface area contributed by atoms with Crippen molar-refractivity contribution in [1.29, 1.82) is 0 Å². The standard InChI is InChI=1S/C16H15BrFNO/c1-3-19(12-7-4-6-11(2)10-12)16(20)13-8-5-9-14(17)15(13)18/h4-10H,3H2,1-2H3. The van der Waals surface area contributed by atoms with Crippen molar-refractivity contribution in [2.45, 2.75) is 13.8 Å². The molecule has 104 valence electrons. The van der Waals surface area contributed by atoms with Gasteiger partial charge in [0.1, 0.15) is 5.82 Å². The molecule has 2 aromatic carbocycles. The van der Waals surface area contributed by atoms with Crippen molar-refractivity contribution < 1.29 is 9.18 Å². The molecule has 0 atom stereocenters. The van der Waals surface area contributed by atoms with Gasteiger partial charge in [0.2, 0.25) is 0 Å². The van der Waals surface area contributed by atoms with Crippen LogP contribution >= 0.6 is 15.9 Å². The third-order valence-electron chi connectivity index (χ3n) is 3.06. The van der Waals surface area contributed by atoms with Crippen molar-refractivity contribution in [3.8, 4) is 0 Å². The number of carbonyl (C=O) groups excluding carboxylic acids is 1. The van der Waals surface area contributed by atoms with Gasteiger partial charge in [-0.2, -0.15) is 0 Å². The molecule has 0 saturated carbocycles. The zero-order valence-corrected chi connectivity index (χ0v) is 12.9. The van der Waals surface area contributed by atoms with Crippen LogP contribution in [0.2, 0.25) is 0 Å². The predicted molar refractivity (Wildman–Crippen MR) is 82.6 cm³/mol. The summed E-state index contributed by atoms with van der Waals surface area (Å²) in [6, 6.07) is 12.3. The molecule has 0 saturated heterocycles. The van der Waals surface area contributed by atoms with Gasteiger partial charge < -0.3 is 4.90 Å². The third kappa shape index (κ3) is 2.90. The number of nitrogens with zero attached hydrogens (tertiary/aromatic N) is 1. The van der Waals surface area contributed by atoms with Crippen LogP contribution in [0.4, 0.5) is 10.1 Å². The minimum Gasteiger partial charge on any atom is -0.309 e. The zero-order chi connectivity index (χ0) is 14.7. The molecule has 2 nitrogen and oxygen atoms in total. The lowest BCUT2D eigenvalue weighted by Gasteiger charge is -2.22. The van der Waals surface area contributed by atoms with E-state index >= 15 is 0 Å². The average Bonchev–Trinajstić information content (AvgIpc) is 2.42. The molecular formula is C16H15BrFNO. The van der Waals surface area contributed by atoms with Crippen LogP contribution in [0.25, 0.3) is 0 Å². The van der Waals surface area contributed by atoms with Crippen molar-refractivity contribution in [2.75, 3.05) is 11.4 Å². The molecule has 0 spiro atoms. The Kier molecular flexibility index (Phi) is 4.55. The molecule has 0 fully saturated rings. The molecule has 4 heteroatoms. The topological polar surface area (TPSA) is 20.3 Å². The molecule has 0 aliphatic heterocycles. The number of halogens is 2. The first kappa shape index (κ1) is 14.7. The van der Waals surface area contributed by atoms with Gasteiger partial charge in [-0.1, -0.05) is 18.2 Å². The number of anilines is 1. The van der Waals surface area contributed by atoms with E-state index in [9.17, 15) is 9.18 Å². The fourth-order valence-electron chi connectivity index (χ4n) is 2.05. The summed E-state index contributed by atoms with van der Waals surface area (Å²) < 4.78 is 14.3. The van der Waals surface area contributed by atoms with Crippen LogP contribution in [-0.4, -0.2) is 12.5 Å². The van der Waals surface area contributed by atoms with Gasteiger partial charge in [0.15, 0.2) is 0 Å². The monoisotopic (exact) mass is 335 g/mol. The second-order valence-electron chi connectivity index (χ2n) is 4.49. The van der Waals surface area contributed by atoms with Crippen LogP contribution in [0.5, 0.6) is 0 Å². The van der Waals surface area contributed by atoms with Crippen molar-refractivity contribution in [3.05, 3.63) is 63.9 Å². The number of rotatable bonds is 3. The van der Waals surface area contributed by atoms with Crippen molar-refractivity contribution in [2.24, 2.45) is 0 Å². The lowest BCUT2D eigenvalue weighted by molar-refractivity contribution is 0.0984. The zero-order valence-electron chi connectivity index (χ0n) is 11.4. The maximum absolute atomic E-state index is 14.0. The molecule has 0 aromatic heterocycles. The molecule has 0 heterocycles. The maximum atomic E-state index is 14.0. The Morgan fingerprint density at radius 1 is 1.25 bits per heavy atom. The number of aryl methyl sites for hydroxylation is 1. The van der Waals surface area contributed by atoms with E-state index in [4.69, 9.17) is 0 Å². The SMILES string of the molecule is CCN(C(=O)c1cccc(Br)c1F)c1cccc(C)c1. The molecule has 2 rings (SSSR count). The van der Waals surface area contributed by atoms with E-state index in [0.29, 0.717) is 11.0 Å². The minimum atomic E-state index is -0.524. The predicted octanol–water partition coefficient (Wildman–Crippen LogP) is 4.56. The van der Waals surface area contributed by atoms with E-state index in [2.05, 4.69) is 15.9 Å². The summed E-state index contributed by atoms with van der Waals surface area (Å²) in [7, 11) is 0. The molecular weight excluding hydrogens is 321 g/mol. The van der Waals surface area contributed by atoms with Crippen LogP contribution in [0.15, 0.2) is 46.9 Å². The van der Waals surface area contributed by atoms with E-state index in [1.807, 2.05) is 38.1 Å². The molecule has 2 aromatic rings. The number of hydrogen-bond donors (Lipinski definition) is 0. The number of benzene rings is 2. The molecule has 0 N–H and O–H groups in total. The van der Waals surface area contributed by atoms with Crippen molar-refractivity contribution >= 4 is 27.5 Å². The van der Waals surface area contributed by atoms with Gasteiger partial charge >= 0.3 is 0 Å². The minimum absolute atomic E-state index is 0.0720. The molecule has 0 radical (unpaired) electrons. The summed E-state index contributed by atoms with van der Waals surface area (Å²) in [4.78, 5) is 14.1. The largest absolute Gasteiger partial charge is 0.309 e. The smallest absolute Gasteiger partial charge is 0.261 e. The van der Waals surface area contributed by atoms with Crippen LogP contribution < -0.4 is 4.90 Å². The third-order valence-corrected chi connectivity index (χ3v) is 3.67. The van der Waals surface area contributed by atoms with Crippen molar-refractivity contribution in [1.82, 2.24) is 0 Å². The summed E-state index contributed by atoms with van der Waals surface area (Å²) in [5, 5.41) is 0. The molecule has 0 aliphatic carbocycles. The Balaban J connectivity index is 2.42. The Bertz CT molecular complexity index is 642. The number of amides is 1. The lowest BCUT2D eigenvalue weighted by atomic mass is 10.1. The van der Waals surface area contributed by atoms with Gasteiger partial charge in [-0.05, 0) is 59.6 Å². The molecule has 0 bridgehead atoms. The van der Waals surface area contributed by atoms with Gasteiger partial charge in [-0.3, -0.25) is 4.79 Å². The first-order valence-electron chi connectivity index (χ1n) is 6.37. The second-order valence-corrected chi connectivity index (χ2v) is 5.34. The van der Waals surface area contributed by atoms with Crippen molar-refractivity contribution in [3.63, 3.8) is 0 Å². The lowest BCUT2D eigenvalue weighted by Crippen LogP contribution is -2.31. The van der Waals surface area contributed by atoms with Gasteiger partial charge in [0.05, 0.1) is 10.0 Å². The Hall–Kier alpha value is -1.68.